The van der Waals surface area contributed by atoms with Gasteiger partial charge in [0.25, 0.3) is 0 Å². The Morgan fingerprint density at radius 3 is 3.00 bits per heavy atom. The van der Waals surface area contributed by atoms with Crippen LogP contribution in [-0.4, -0.2) is 27.5 Å². The van der Waals surface area contributed by atoms with Crippen LogP contribution in [0.1, 0.15) is 12.8 Å². The van der Waals surface area contributed by atoms with Crippen LogP contribution in [-0.2, 0) is 11.3 Å². The van der Waals surface area contributed by atoms with E-state index in [0.717, 1.165) is 24.1 Å². The molecule has 5 heteroatoms. The summed E-state index contributed by atoms with van der Waals surface area (Å²) < 4.78 is 7.53. The molecule has 0 aliphatic heterocycles. The summed E-state index contributed by atoms with van der Waals surface area (Å²) in [7, 11) is 0. The Kier molecular flexibility index (Phi) is 3.75. The Bertz CT molecular complexity index is 598. The van der Waals surface area contributed by atoms with Crippen LogP contribution >= 0.6 is 0 Å². The molecule has 0 amide bonds. The van der Waals surface area contributed by atoms with Crippen LogP contribution in [0.3, 0.4) is 0 Å². The molecule has 2 heterocycles. The number of pyridine rings is 1. The molecular formula is C15H16N4O. The quantitative estimate of drug-likeness (QED) is 0.806. The van der Waals surface area contributed by atoms with E-state index in [1.54, 1.807) is 12.4 Å². The molecule has 0 spiro atoms. The highest BCUT2D eigenvalue weighted by Crippen LogP contribution is 2.33. The molecule has 2 aromatic rings. The van der Waals surface area contributed by atoms with Gasteiger partial charge < -0.3 is 4.74 Å². The number of ether oxygens (including phenoxy) is 1. The van der Waals surface area contributed by atoms with Crippen molar-refractivity contribution in [3.8, 4) is 17.3 Å². The van der Waals surface area contributed by atoms with Gasteiger partial charge >= 0.3 is 0 Å². The van der Waals surface area contributed by atoms with Gasteiger partial charge in [0, 0.05) is 24.2 Å². The van der Waals surface area contributed by atoms with E-state index in [-0.39, 0.29) is 6.10 Å². The van der Waals surface area contributed by atoms with Crippen molar-refractivity contribution in [2.45, 2.75) is 25.5 Å². The summed E-state index contributed by atoms with van der Waals surface area (Å²) in [6, 6.07) is 8.09. The van der Waals surface area contributed by atoms with Crippen LogP contribution in [0.4, 0.5) is 0 Å². The van der Waals surface area contributed by atoms with Crippen LogP contribution < -0.4 is 0 Å². The van der Waals surface area contributed by atoms with Crippen LogP contribution in [0.2, 0.25) is 0 Å². The van der Waals surface area contributed by atoms with Gasteiger partial charge in [0.1, 0.15) is 6.10 Å². The second-order valence-corrected chi connectivity index (χ2v) is 4.94. The molecule has 1 unspecified atom stereocenters. The smallest absolute Gasteiger partial charge is 0.146 e. The topological polar surface area (TPSA) is 63.7 Å². The van der Waals surface area contributed by atoms with E-state index in [9.17, 15) is 0 Å². The van der Waals surface area contributed by atoms with Crippen molar-refractivity contribution in [2.75, 3.05) is 6.61 Å². The highest BCUT2D eigenvalue weighted by atomic mass is 16.5. The minimum absolute atomic E-state index is 0.257. The van der Waals surface area contributed by atoms with Gasteiger partial charge in [-0.15, -0.1) is 0 Å². The maximum absolute atomic E-state index is 9.02. The lowest BCUT2D eigenvalue weighted by Gasteiger charge is -2.11. The fraction of sp³-hybridized carbons (Fsp3) is 0.400. The minimum atomic E-state index is -0.257. The van der Waals surface area contributed by atoms with Gasteiger partial charge in [-0.25, -0.2) is 0 Å². The van der Waals surface area contributed by atoms with Gasteiger partial charge in [0.2, 0.25) is 0 Å². The highest BCUT2D eigenvalue weighted by Gasteiger charge is 2.31. The zero-order valence-electron chi connectivity index (χ0n) is 11.1. The fourth-order valence-electron chi connectivity index (χ4n) is 2.21. The molecule has 5 nitrogen and oxygen atoms in total. The standard InChI is InChI=1S/C15H16N4O/c16-10-15(12-3-4-12)20-9-8-19-14(5-7-18-19)13-2-1-6-17-11-13/h1-2,5-7,11-12,15H,3-4,8-9H2. The number of hydrogen-bond acceptors (Lipinski definition) is 4. The van der Waals surface area contributed by atoms with Crippen molar-refractivity contribution >= 4 is 0 Å². The molecule has 1 fully saturated rings. The van der Waals surface area contributed by atoms with Crippen molar-refractivity contribution in [1.29, 1.82) is 5.26 Å². The molecule has 1 saturated carbocycles. The first-order valence-electron chi connectivity index (χ1n) is 6.82. The van der Waals surface area contributed by atoms with Crippen LogP contribution in [0, 0.1) is 17.2 Å². The van der Waals surface area contributed by atoms with Crippen molar-refractivity contribution in [1.82, 2.24) is 14.8 Å². The van der Waals surface area contributed by atoms with Gasteiger partial charge in [-0.05, 0) is 37.0 Å². The van der Waals surface area contributed by atoms with Gasteiger partial charge in [-0.2, -0.15) is 10.4 Å². The first kappa shape index (κ1) is 12.8. The summed E-state index contributed by atoms with van der Waals surface area (Å²) in [6.07, 6.45) is 7.30. The zero-order valence-corrected chi connectivity index (χ0v) is 11.1. The third kappa shape index (κ3) is 2.86. The van der Waals surface area contributed by atoms with Crippen molar-refractivity contribution < 1.29 is 4.74 Å². The third-order valence-corrected chi connectivity index (χ3v) is 3.45. The predicted octanol–water partition coefficient (Wildman–Crippen LogP) is 2.26. The van der Waals surface area contributed by atoms with Crippen molar-refractivity contribution in [2.24, 2.45) is 5.92 Å². The second kappa shape index (κ2) is 5.85. The van der Waals surface area contributed by atoms with Gasteiger partial charge in [-0.1, -0.05) is 0 Å². The van der Waals surface area contributed by atoms with Gasteiger partial charge in [0.05, 0.1) is 24.9 Å². The minimum Gasteiger partial charge on any atom is -0.361 e. The average molecular weight is 268 g/mol. The maximum atomic E-state index is 9.02. The molecular weight excluding hydrogens is 252 g/mol. The second-order valence-electron chi connectivity index (χ2n) is 4.94. The van der Waals surface area contributed by atoms with E-state index in [1.807, 2.05) is 29.1 Å². The summed E-state index contributed by atoms with van der Waals surface area (Å²) in [5.74, 6) is 0.440. The lowest BCUT2D eigenvalue weighted by Crippen LogP contribution is -2.17. The molecule has 0 radical (unpaired) electrons. The average Bonchev–Trinajstić information content (AvgIpc) is 3.23. The molecule has 0 aromatic carbocycles. The van der Waals surface area contributed by atoms with E-state index < -0.39 is 0 Å². The number of nitriles is 1. The van der Waals surface area contributed by atoms with E-state index in [1.165, 1.54) is 0 Å². The first-order chi connectivity index (χ1) is 9.88. The summed E-state index contributed by atoms with van der Waals surface area (Å²) in [4.78, 5) is 4.12. The summed E-state index contributed by atoms with van der Waals surface area (Å²) in [5, 5.41) is 13.3. The third-order valence-electron chi connectivity index (χ3n) is 3.45. The molecule has 20 heavy (non-hydrogen) atoms. The monoisotopic (exact) mass is 268 g/mol. The normalized spacial score (nSPS) is 15.8. The summed E-state index contributed by atoms with van der Waals surface area (Å²) in [5.41, 5.74) is 2.05. The largest absolute Gasteiger partial charge is 0.361 e. The van der Waals surface area contributed by atoms with E-state index in [2.05, 4.69) is 16.2 Å². The fourth-order valence-corrected chi connectivity index (χ4v) is 2.21. The first-order valence-corrected chi connectivity index (χ1v) is 6.82. The van der Waals surface area contributed by atoms with E-state index in [4.69, 9.17) is 10.00 Å². The Morgan fingerprint density at radius 1 is 1.40 bits per heavy atom. The number of hydrogen-bond donors (Lipinski definition) is 0. The SMILES string of the molecule is N#CC(OCCn1nccc1-c1cccnc1)C1CC1. The van der Waals surface area contributed by atoms with Gasteiger partial charge in [-0.3, -0.25) is 9.67 Å². The van der Waals surface area contributed by atoms with E-state index >= 15 is 0 Å². The highest BCUT2D eigenvalue weighted by molar-refractivity contribution is 5.57. The summed E-state index contributed by atoms with van der Waals surface area (Å²) in [6.45, 7) is 1.14. The molecule has 1 atom stereocenters. The molecule has 2 aromatic heterocycles. The Hall–Kier alpha value is -2.19. The molecule has 0 saturated heterocycles. The molecule has 102 valence electrons. The lowest BCUT2D eigenvalue weighted by atomic mass is 10.2. The number of aromatic nitrogens is 3. The number of nitrogens with zero attached hydrogens (tertiary/aromatic N) is 4. The van der Waals surface area contributed by atoms with E-state index in [0.29, 0.717) is 19.1 Å². The molecule has 0 bridgehead atoms. The number of rotatable bonds is 6. The zero-order chi connectivity index (χ0) is 13.8. The molecule has 0 N–H and O–H groups in total. The predicted molar refractivity (Wildman–Crippen MR) is 73.5 cm³/mol. The van der Waals surface area contributed by atoms with Crippen LogP contribution in [0.15, 0.2) is 36.8 Å². The molecule has 3 rings (SSSR count). The summed E-state index contributed by atoms with van der Waals surface area (Å²) >= 11 is 0. The van der Waals surface area contributed by atoms with Crippen molar-refractivity contribution in [3.63, 3.8) is 0 Å². The lowest BCUT2D eigenvalue weighted by molar-refractivity contribution is 0.0684. The van der Waals surface area contributed by atoms with Crippen LogP contribution in [0.25, 0.3) is 11.3 Å². The maximum Gasteiger partial charge on any atom is 0.146 e. The van der Waals surface area contributed by atoms with Crippen molar-refractivity contribution in [3.05, 3.63) is 36.8 Å². The molecule has 1 aliphatic carbocycles. The Morgan fingerprint density at radius 2 is 2.30 bits per heavy atom. The Balaban J connectivity index is 1.61. The molecule has 1 aliphatic rings. The van der Waals surface area contributed by atoms with Gasteiger partial charge in [0.15, 0.2) is 0 Å². The van der Waals surface area contributed by atoms with Crippen LogP contribution in [0.5, 0.6) is 0 Å². The Labute approximate surface area is 117 Å².